The van der Waals surface area contributed by atoms with E-state index in [-0.39, 0.29) is 6.54 Å². The number of ether oxygens (including phenoxy) is 2. The smallest absolute Gasteiger partial charge is 0.337 e. The second kappa shape index (κ2) is 5.81. The molecular weight excluding hydrogens is 314 g/mol. The lowest BCUT2D eigenvalue weighted by Gasteiger charge is -2.41. The predicted octanol–water partition coefficient (Wildman–Crippen LogP) is 1.92. The Morgan fingerprint density at radius 1 is 1.38 bits per heavy atom. The minimum Gasteiger partial charge on any atom is -0.497 e. The van der Waals surface area contributed by atoms with E-state index in [0.717, 1.165) is 16.5 Å². The monoisotopic (exact) mass is 333 g/mol. The summed E-state index contributed by atoms with van der Waals surface area (Å²) in [5.41, 5.74) is 0.911. The number of nitrogens with one attached hydrogen (secondary N) is 1. The third-order valence-corrected chi connectivity index (χ3v) is 4.72. The van der Waals surface area contributed by atoms with Crippen molar-refractivity contribution in [2.75, 3.05) is 27.4 Å². The number of aromatic nitrogens is 1. The highest BCUT2D eigenvalue weighted by Gasteiger charge is 2.50. The first kappa shape index (κ1) is 16.3. The molecule has 0 spiro atoms. The number of carbonyl (C=O) groups is 2. The number of aromatic amines is 1. The minimum absolute atomic E-state index is 0.242. The highest BCUT2D eigenvalue weighted by atomic mass is 19.1. The maximum absolute atomic E-state index is 13.0. The number of esters is 1. The van der Waals surface area contributed by atoms with Gasteiger partial charge in [-0.1, -0.05) is 0 Å². The summed E-state index contributed by atoms with van der Waals surface area (Å²) in [6.45, 7) is 0.665. The summed E-state index contributed by atoms with van der Waals surface area (Å²) in [6, 6.07) is 5.55. The van der Waals surface area contributed by atoms with Crippen LogP contribution in [0, 0.1) is 0 Å². The molecule has 1 amide bonds. The van der Waals surface area contributed by atoms with Crippen molar-refractivity contribution in [1.29, 1.82) is 0 Å². The molecule has 0 saturated heterocycles. The highest BCUT2D eigenvalue weighted by molar-refractivity contribution is 5.94. The van der Waals surface area contributed by atoms with Crippen LogP contribution in [0.1, 0.15) is 18.2 Å². The van der Waals surface area contributed by atoms with E-state index in [1.807, 2.05) is 18.2 Å². The number of hydrogen-bond donors (Lipinski definition) is 1. The molecule has 0 saturated carbocycles. The average Bonchev–Trinajstić information content (AvgIpc) is 2.99. The Morgan fingerprint density at radius 3 is 2.75 bits per heavy atom. The maximum atomic E-state index is 13.0. The first-order valence-corrected chi connectivity index (χ1v) is 7.61. The molecule has 0 radical (unpaired) electrons. The summed E-state index contributed by atoms with van der Waals surface area (Å²) in [6.07, 6.45) is 0.515. The first-order chi connectivity index (χ1) is 11.5. The number of rotatable bonds is 3. The van der Waals surface area contributed by atoms with Gasteiger partial charge in [0.15, 0.2) is 12.2 Å². The second-order valence-corrected chi connectivity index (χ2v) is 5.88. The van der Waals surface area contributed by atoms with Crippen molar-refractivity contribution in [3.05, 3.63) is 29.5 Å². The molecule has 3 rings (SSSR count). The van der Waals surface area contributed by atoms with E-state index in [4.69, 9.17) is 9.47 Å². The van der Waals surface area contributed by atoms with Gasteiger partial charge >= 0.3 is 5.97 Å². The van der Waals surface area contributed by atoms with Gasteiger partial charge in [-0.05, 0) is 37.1 Å². The number of H-pyrrole nitrogens is 1. The molecule has 1 atom stereocenters. The van der Waals surface area contributed by atoms with E-state index in [1.54, 1.807) is 14.0 Å². The van der Waals surface area contributed by atoms with Crippen LogP contribution in [0.5, 0.6) is 5.75 Å². The van der Waals surface area contributed by atoms with Crippen LogP contribution < -0.4 is 4.74 Å². The lowest BCUT2D eigenvalue weighted by molar-refractivity contribution is -0.163. The molecule has 0 aliphatic carbocycles. The van der Waals surface area contributed by atoms with E-state index in [1.165, 1.54) is 12.0 Å². The van der Waals surface area contributed by atoms with Crippen LogP contribution >= 0.6 is 0 Å². The minimum atomic E-state index is -1.39. The van der Waals surface area contributed by atoms with Crippen LogP contribution in [0.15, 0.2) is 18.2 Å². The van der Waals surface area contributed by atoms with Crippen LogP contribution in [0.2, 0.25) is 0 Å². The lowest BCUT2D eigenvalue weighted by atomic mass is 9.86. The van der Waals surface area contributed by atoms with Gasteiger partial charge in [0, 0.05) is 17.4 Å². The summed E-state index contributed by atoms with van der Waals surface area (Å²) in [5, 5.41) is 0.923. The summed E-state index contributed by atoms with van der Waals surface area (Å²) in [4.78, 5) is 29.0. The summed E-state index contributed by atoms with van der Waals surface area (Å²) in [5.74, 6) is -0.639. The van der Waals surface area contributed by atoms with E-state index in [2.05, 4.69) is 4.98 Å². The molecule has 6 nitrogen and oxygen atoms in total. The van der Waals surface area contributed by atoms with Gasteiger partial charge < -0.3 is 19.4 Å². The number of hydrogen-bond acceptors (Lipinski definition) is 4. The molecular formula is C17H19FN2O4. The quantitative estimate of drug-likeness (QED) is 0.871. The van der Waals surface area contributed by atoms with Crippen molar-refractivity contribution >= 4 is 22.8 Å². The van der Waals surface area contributed by atoms with Crippen molar-refractivity contribution in [3.63, 3.8) is 0 Å². The van der Waals surface area contributed by atoms with Gasteiger partial charge in [-0.3, -0.25) is 4.79 Å². The first-order valence-electron chi connectivity index (χ1n) is 7.61. The van der Waals surface area contributed by atoms with E-state index < -0.39 is 24.1 Å². The van der Waals surface area contributed by atoms with Gasteiger partial charge in [0.2, 0.25) is 0 Å². The standard InChI is InChI=1S/C17H19FN2O4/c1-17(16(22)24-3)15-11(6-7-20(17)14(21)9-18)12-8-10(23-2)4-5-13(12)19-15/h4-5,8,19H,6-7,9H2,1-3H3/i2-1. The van der Waals surface area contributed by atoms with Crippen molar-refractivity contribution in [3.8, 4) is 5.75 Å². The SMILES string of the molecule is COC(=O)C1(C)c2[nH]c3ccc(O[11CH3])cc3c2CCN1C(=O)CF. The van der Waals surface area contributed by atoms with Gasteiger partial charge in [-0.15, -0.1) is 0 Å². The van der Waals surface area contributed by atoms with E-state index >= 15 is 0 Å². The van der Waals surface area contributed by atoms with Crippen molar-refractivity contribution in [2.45, 2.75) is 18.9 Å². The molecule has 0 bridgehead atoms. The Bertz CT molecular complexity index is 816. The zero-order valence-corrected chi connectivity index (χ0v) is 13.8. The molecule has 1 aliphatic heterocycles. The fraction of sp³-hybridized carbons (Fsp3) is 0.412. The summed E-state index contributed by atoms with van der Waals surface area (Å²) >= 11 is 0. The Kier molecular flexibility index (Phi) is 3.95. The third kappa shape index (κ3) is 2.15. The van der Waals surface area contributed by atoms with Gasteiger partial charge in [0.05, 0.1) is 19.9 Å². The molecule has 1 unspecified atom stereocenters. The fourth-order valence-corrected chi connectivity index (χ4v) is 3.47. The topological polar surface area (TPSA) is 71.6 Å². The summed E-state index contributed by atoms with van der Waals surface area (Å²) < 4.78 is 23.2. The number of halogens is 1. The predicted molar refractivity (Wildman–Crippen MR) is 85.6 cm³/mol. The normalized spacial score (nSPS) is 19.9. The van der Waals surface area contributed by atoms with Crippen LogP contribution in [0.25, 0.3) is 10.9 Å². The van der Waals surface area contributed by atoms with Crippen LogP contribution in [-0.2, 0) is 26.3 Å². The van der Waals surface area contributed by atoms with Crippen molar-refractivity contribution < 1.29 is 23.5 Å². The number of benzene rings is 1. The molecule has 1 N–H and O–H groups in total. The number of carbonyl (C=O) groups excluding carboxylic acids is 2. The molecule has 24 heavy (non-hydrogen) atoms. The third-order valence-electron chi connectivity index (χ3n) is 4.72. The molecule has 1 aromatic carbocycles. The Balaban J connectivity index is 2.24. The molecule has 7 heteroatoms. The number of nitrogens with zero attached hydrogens (tertiary/aromatic N) is 1. The number of fused-ring (bicyclic) bond motifs is 3. The Hall–Kier alpha value is -2.57. The van der Waals surface area contributed by atoms with Crippen molar-refractivity contribution in [2.24, 2.45) is 0 Å². The molecule has 1 aliphatic rings. The van der Waals surface area contributed by atoms with Gasteiger partial charge in [-0.25, -0.2) is 9.18 Å². The van der Waals surface area contributed by atoms with Crippen molar-refractivity contribution in [1.82, 2.24) is 9.88 Å². The average molecular weight is 333 g/mol. The zero-order valence-electron chi connectivity index (χ0n) is 13.8. The molecule has 1 aromatic heterocycles. The second-order valence-electron chi connectivity index (χ2n) is 5.88. The van der Waals surface area contributed by atoms with Crippen LogP contribution in [0.3, 0.4) is 0 Å². The zero-order chi connectivity index (χ0) is 17.5. The van der Waals surface area contributed by atoms with Gasteiger partial charge in [0.1, 0.15) is 5.75 Å². The molecule has 2 heterocycles. The number of alkyl halides is 1. The van der Waals surface area contributed by atoms with Gasteiger partial charge in [0.25, 0.3) is 5.91 Å². The van der Waals surface area contributed by atoms with Gasteiger partial charge in [-0.2, -0.15) is 0 Å². The fourth-order valence-electron chi connectivity index (χ4n) is 3.47. The Morgan fingerprint density at radius 2 is 2.12 bits per heavy atom. The molecule has 0 fully saturated rings. The lowest BCUT2D eigenvalue weighted by Crippen LogP contribution is -2.57. The number of methoxy groups -OCH3 is 2. The summed E-state index contributed by atoms with van der Waals surface area (Å²) in [7, 11) is 2.84. The maximum Gasteiger partial charge on any atom is 0.337 e. The molecule has 2 aromatic rings. The highest BCUT2D eigenvalue weighted by Crippen LogP contribution is 2.40. The van der Waals surface area contributed by atoms with Crippen LogP contribution in [-0.4, -0.2) is 49.2 Å². The van der Waals surface area contributed by atoms with E-state index in [9.17, 15) is 14.0 Å². The Labute approximate surface area is 138 Å². The van der Waals surface area contributed by atoms with Crippen LogP contribution in [0.4, 0.5) is 4.39 Å². The molecule has 128 valence electrons. The number of amides is 1. The largest absolute Gasteiger partial charge is 0.497 e. The van der Waals surface area contributed by atoms with E-state index in [0.29, 0.717) is 17.9 Å².